The zero-order chi connectivity index (χ0) is 14.7. The molecule has 0 atom stereocenters. The smallest absolute Gasteiger partial charge is 0.347 e. The normalized spacial score (nSPS) is 10.3. The highest BCUT2D eigenvalue weighted by Gasteiger charge is 2.13. The molecule has 104 valence electrons. The lowest BCUT2D eigenvalue weighted by Crippen LogP contribution is -2.26. The van der Waals surface area contributed by atoms with Crippen molar-refractivity contribution in [1.29, 1.82) is 0 Å². The van der Waals surface area contributed by atoms with Gasteiger partial charge in [0.05, 0.1) is 19.2 Å². The zero-order valence-electron chi connectivity index (χ0n) is 11.7. The summed E-state index contributed by atoms with van der Waals surface area (Å²) < 4.78 is 6.52. The molecule has 20 heavy (non-hydrogen) atoms. The Morgan fingerprint density at radius 1 is 1.30 bits per heavy atom. The molecule has 0 spiro atoms. The number of benzene rings is 1. The van der Waals surface area contributed by atoms with Gasteiger partial charge < -0.3 is 4.74 Å². The van der Waals surface area contributed by atoms with Crippen LogP contribution in [-0.2, 0) is 6.54 Å². The first-order valence-electron chi connectivity index (χ1n) is 6.22. The van der Waals surface area contributed by atoms with Crippen molar-refractivity contribution in [3.63, 3.8) is 0 Å². The first-order valence-corrected chi connectivity index (χ1v) is 6.22. The van der Waals surface area contributed by atoms with Gasteiger partial charge >= 0.3 is 5.69 Å². The molecule has 0 aliphatic heterocycles. The average Bonchev–Trinajstić information content (AvgIpc) is 2.42. The minimum absolute atomic E-state index is 0.0487. The third kappa shape index (κ3) is 2.93. The van der Waals surface area contributed by atoms with Gasteiger partial charge in [0.15, 0.2) is 5.78 Å². The molecular weight excluding hydrogens is 256 g/mol. The summed E-state index contributed by atoms with van der Waals surface area (Å²) >= 11 is 0. The maximum absolute atomic E-state index is 12.3. The van der Waals surface area contributed by atoms with Gasteiger partial charge in [-0.25, -0.2) is 9.78 Å². The quantitative estimate of drug-likeness (QED) is 0.796. The molecule has 2 rings (SSSR count). The van der Waals surface area contributed by atoms with Crippen LogP contribution in [0.15, 0.2) is 35.4 Å². The molecule has 2 aromatic rings. The first kappa shape index (κ1) is 14.0. The van der Waals surface area contributed by atoms with E-state index >= 15 is 0 Å². The van der Waals surface area contributed by atoms with E-state index in [1.165, 1.54) is 17.9 Å². The average molecular weight is 272 g/mol. The van der Waals surface area contributed by atoms with Crippen LogP contribution in [0.3, 0.4) is 0 Å². The van der Waals surface area contributed by atoms with Crippen LogP contribution in [0.1, 0.15) is 21.5 Å². The van der Waals surface area contributed by atoms with E-state index in [1.807, 2.05) is 19.9 Å². The van der Waals surface area contributed by atoms with E-state index in [4.69, 9.17) is 4.74 Å². The lowest BCUT2D eigenvalue weighted by molar-refractivity contribution is 0.0967. The molecule has 0 saturated heterocycles. The van der Waals surface area contributed by atoms with Crippen molar-refractivity contribution < 1.29 is 9.53 Å². The van der Waals surface area contributed by atoms with Crippen molar-refractivity contribution in [2.45, 2.75) is 20.4 Å². The highest BCUT2D eigenvalue weighted by atomic mass is 16.5. The molecule has 1 heterocycles. The Morgan fingerprint density at radius 2 is 2.05 bits per heavy atom. The van der Waals surface area contributed by atoms with Crippen LogP contribution in [-0.4, -0.2) is 22.4 Å². The third-order valence-corrected chi connectivity index (χ3v) is 2.96. The maximum atomic E-state index is 12.3. The molecule has 1 aromatic heterocycles. The molecule has 0 amide bonds. The second kappa shape index (κ2) is 5.69. The number of aryl methyl sites for hydroxylation is 2. The van der Waals surface area contributed by atoms with Crippen molar-refractivity contribution >= 4 is 5.78 Å². The molecule has 0 radical (unpaired) electrons. The van der Waals surface area contributed by atoms with Crippen LogP contribution in [0.2, 0.25) is 0 Å². The number of carbonyl (C=O) groups is 1. The fraction of sp³-hybridized carbons (Fsp3) is 0.267. The minimum atomic E-state index is -0.435. The lowest BCUT2D eigenvalue weighted by atomic mass is 10.1. The highest BCUT2D eigenvalue weighted by Crippen LogP contribution is 2.20. The van der Waals surface area contributed by atoms with Gasteiger partial charge in [0.1, 0.15) is 5.75 Å². The van der Waals surface area contributed by atoms with E-state index < -0.39 is 5.69 Å². The summed E-state index contributed by atoms with van der Waals surface area (Å²) in [5.41, 5.74) is 1.86. The van der Waals surface area contributed by atoms with E-state index in [0.29, 0.717) is 11.3 Å². The third-order valence-electron chi connectivity index (χ3n) is 2.96. The van der Waals surface area contributed by atoms with Crippen molar-refractivity contribution in [1.82, 2.24) is 9.55 Å². The summed E-state index contributed by atoms with van der Waals surface area (Å²) in [4.78, 5) is 27.6. The molecule has 5 nitrogen and oxygen atoms in total. The second-order valence-corrected chi connectivity index (χ2v) is 4.67. The molecule has 0 unspecified atom stereocenters. The van der Waals surface area contributed by atoms with Crippen LogP contribution in [0.5, 0.6) is 5.75 Å². The number of methoxy groups -OCH3 is 1. The van der Waals surface area contributed by atoms with E-state index in [9.17, 15) is 9.59 Å². The van der Waals surface area contributed by atoms with Gasteiger partial charge in [-0.3, -0.25) is 9.36 Å². The molecule has 0 aliphatic rings. The number of aromatic nitrogens is 2. The SMILES string of the molecule is COc1cc(C)ccc1C(=O)Cn1cc(C)cnc1=O. The van der Waals surface area contributed by atoms with Crippen molar-refractivity contribution in [2.75, 3.05) is 7.11 Å². The zero-order valence-corrected chi connectivity index (χ0v) is 11.7. The van der Waals surface area contributed by atoms with Gasteiger partial charge in [0.25, 0.3) is 0 Å². The molecule has 0 fully saturated rings. The van der Waals surface area contributed by atoms with E-state index in [0.717, 1.165) is 11.1 Å². The Kier molecular flexibility index (Phi) is 3.98. The van der Waals surface area contributed by atoms with Crippen molar-refractivity contribution in [3.05, 3.63) is 57.8 Å². The predicted molar refractivity (Wildman–Crippen MR) is 75.3 cm³/mol. The standard InChI is InChI=1S/C15H16N2O3/c1-10-4-5-12(14(6-10)20-3)13(18)9-17-8-11(2)7-16-15(17)19/h4-8H,9H2,1-3H3. The molecule has 0 N–H and O–H groups in total. The van der Waals surface area contributed by atoms with Crippen LogP contribution in [0.25, 0.3) is 0 Å². The van der Waals surface area contributed by atoms with Crippen LogP contribution in [0, 0.1) is 13.8 Å². The predicted octanol–water partition coefficient (Wildman–Crippen LogP) is 1.75. The second-order valence-electron chi connectivity index (χ2n) is 4.67. The number of hydrogen-bond acceptors (Lipinski definition) is 4. The summed E-state index contributed by atoms with van der Waals surface area (Å²) in [6.07, 6.45) is 3.10. The van der Waals surface area contributed by atoms with Crippen LogP contribution in [0.4, 0.5) is 0 Å². The summed E-state index contributed by atoms with van der Waals surface area (Å²) in [5.74, 6) is 0.333. The van der Waals surface area contributed by atoms with Gasteiger partial charge in [-0.15, -0.1) is 0 Å². The van der Waals surface area contributed by atoms with Crippen molar-refractivity contribution in [2.24, 2.45) is 0 Å². The Morgan fingerprint density at radius 3 is 2.75 bits per heavy atom. The summed E-state index contributed by atoms with van der Waals surface area (Å²) in [6.45, 7) is 3.69. The highest BCUT2D eigenvalue weighted by molar-refractivity contribution is 5.98. The topological polar surface area (TPSA) is 61.2 Å². The molecular formula is C15H16N2O3. The molecule has 1 aromatic carbocycles. The summed E-state index contributed by atoms with van der Waals surface area (Å²) in [5, 5.41) is 0. The molecule has 5 heteroatoms. The number of hydrogen-bond donors (Lipinski definition) is 0. The minimum Gasteiger partial charge on any atom is -0.496 e. The maximum Gasteiger partial charge on any atom is 0.347 e. The fourth-order valence-electron chi connectivity index (χ4n) is 1.95. The van der Waals surface area contributed by atoms with Gasteiger partial charge in [0, 0.05) is 12.4 Å². The van der Waals surface area contributed by atoms with Crippen LogP contribution >= 0.6 is 0 Å². The first-order chi connectivity index (χ1) is 9.51. The molecule has 0 bridgehead atoms. The fourth-order valence-corrected chi connectivity index (χ4v) is 1.95. The molecule has 0 aliphatic carbocycles. The largest absolute Gasteiger partial charge is 0.496 e. The lowest BCUT2D eigenvalue weighted by Gasteiger charge is -2.09. The number of rotatable bonds is 4. The Balaban J connectivity index is 2.33. The number of Topliss-reactive ketones (excluding diaryl/α,β-unsaturated/α-hetero) is 1. The van der Waals surface area contributed by atoms with E-state index in [-0.39, 0.29) is 12.3 Å². The number of ketones is 1. The van der Waals surface area contributed by atoms with Gasteiger partial charge in [-0.1, -0.05) is 6.07 Å². The number of nitrogens with zero attached hydrogens (tertiary/aromatic N) is 2. The van der Waals surface area contributed by atoms with E-state index in [2.05, 4.69) is 4.98 Å². The number of carbonyl (C=O) groups excluding carboxylic acids is 1. The Bertz CT molecular complexity index is 705. The van der Waals surface area contributed by atoms with Crippen molar-refractivity contribution in [3.8, 4) is 5.75 Å². The van der Waals surface area contributed by atoms with Gasteiger partial charge in [-0.05, 0) is 37.1 Å². The van der Waals surface area contributed by atoms with E-state index in [1.54, 1.807) is 18.3 Å². The van der Waals surface area contributed by atoms with Gasteiger partial charge in [0.2, 0.25) is 0 Å². The monoisotopic (exact) mass is 272 g/mol. The Labute approximate surface area is 116 Å². The van der Waals surface area contributed by atoms with Gasteiger partial charge in [-0.2, -0.15) is 0 Å². The summed E-state index contributed by atoms with van der Waals surface area (Å²) in [7, 11) is 1.52. The Hall–Kier alpha value is -2.43. The molecule has 0 saturated carbocycles. The summed E-state index contributed by atoms with van der Waals surface area (Å²) in [6, 6.07) is 5.35. The number of ether oxygens (including phenoxy) is 1. The van der Waals surface area contributed by atoms with Crippen LogP contribution < -0.4 is 10.4 Å².